The van der Waals surface area contributed by atoms with E-state index in [2.05, 4.69) is 0 Å². The zero-order chi connectivity index (χ0) is 12.1. The third-order valence-corrected chi connectivity index (χ3v) is 1.93. The van der Waals surface area contributed by atoms with Crippen LogP contribution in [0.4, 0.5) is 5.69 Å². The Bertz CT molecular complexity index is 451. The van der Waals surface area contributed by atoms with Crippen molar-refractivity contribution in [3.05, 3.63) is 35.4 Å². The molecule has 84 valence electrons. The number of rotatable bonds is 4. The van der Waals surface area contributed by atoms with Crippen LogP contribution in [0.3, 0.4) is 0 Å². The number of carboxylic acid groups (broad SMARTS) is 2. The van der Waals surface area contributed by atoms with Crippen molar-refractivity contribution >= 4 is 23.7 Å². The lowest BCUT2D eigenvalue weighted by atomic mass is 10.0. The molecule has 1 rings (SSSR count). The first kappa shape index (κ1) is 11.8. The molecule has 0 atom stereocenters. The van der Waals surface area contributed by atoms with Crippen LogP contribution in [0.25, 0.3) is 6.08 Å². The van der Waals surface area contributed by atoms with Crippen molar-refractivity contribution in [1.82, 2.24) is 0 Å². The standard InChI is InChI=1S/C11H11NO4/c12-8-5-1-3-7(10(8)11(15)16)4-2-6-9(13)14/h1-5H,6,12H2,(H,13,14)(H,15,16). The van der Waals surface area contributed by atoms with Crippen LogP contribution in [0.1, 0.15) is 22.3 Å². The first-order chi connectivity index (χ1) is 7.52. The number of nitrogens with two attached hydrogens (primary N) is 1. The zero-order valence-corrected chi connectivity index (χ0v) is 8.38. The predicted octanol–water partition coefficient (Wildman–Crippen LogP) is 1.45. The summed E-state index contributed by atoms with van der Waals surface area (Å²) in [6.07, 6.45) is 2.66. The summed E-state index contributed by atoms with van der Waals surface area (Å²) in [5.41, 5.74) is 6.07. The predicted molar refractivity (Wildman–Crippen MR) is 59.1 cm³/mol. The Labute approximate surface area is 91.8 Å². The molecule has 0 unspecified atom stereocenters. The van der Waals surface area contributed by atoms with Crippen LogP contribution in [0, 0.1) is 0 Å². The van der Waals surface area contributed by atoms with Gasteiger partial charge in [-0.3, -0.25) is 4.79 Å². The molecule has 0 saturated heterocycles. The Morgan fingerprint density at radius 3 is 2.56 bits per heavy atom. The lowest BCUT2D eigenvalue weighted by molar-refractivity contribution is -0.135. The Morgan fingerprint density at radius 2 is 2.00 bits per heavy atom. The van der Waals surface area contributed by atoms with Gasteiger partial charge in [-0.05, 0) is 11.6 Å². The minimum atomic E-state index is -1.13. The summed E-state index contributed by atoms with van der Waals surface area (Å²) in [4.78, 5) is 21.2. The van der Waals surface area contributed by atoms with Crippen molar-refractivity contribution in [2.45, 2.75) is 6.42 Å². The zero-order valence-electron chi connectivity index (χ0n) is 8.38. The van der Waals surface area contributed by atoms with Gasteiger partial charge in [0.15, 0.2) is 0 Å². The number of carboxylic acids is 2. The molecule has 0 amide bonds. The van der Waals surface area contributed by atoms with Gasteiger partial charge in [0.1, 0.15) is 0 Å². The summed E-state index contributed by atoms with van der Waals surface area (Å²) in [6.45, 7) is 0. The van der Waals surface area contributed by atoms with E-state index < -0.39 is 11.9 Å². The number of hydrogen-bond donors (Lipinski definition) is 3. The summed E-state index contributed by atoms with van der Waals surface area (Å²) in [6, 6.07) is 4.67. The molecule has 0 aromatic heterocycles. The van der Waals surface area contributed by atoms with Gasteiger partial charge >= 0.3 is 11.9 Å². The molecular weight excluding hydrogens is 210 g/mol. The second kappa shape index (κ2) is 4.97. The first-order valence-corrected chi connectivity index (χ1v) is 4.52. The molecule has 0 saturated carbocycles. The fraction of sp³-hybridized carbons (Fsp3) is 0.0909. The largest absolute Gasteiger partial charge is 0.481 e. The van der Waals surface area contributed by atoms with Gasteiger partial charge in [-0.15, -0.1) is 0 Å². The fourth-order valence-corrected chi connectivity index (χ4v) is 1.26. The molecule has 0 bridgehead atoms. The second-order valence-corrected chi connectivity index (χ2v) is 3.12. The van der Waals surface area contributed by atoms with Gasteiger partial charge in [-0.25, -0.2) is 4.79 Å². The maximum atomic E-state index is 10.9. The van der Waals surface area contributed by atoms with Gasteiger partial charge in [0, 0.05) is 5.69 Å². The lowest BCUT2D eigenvalue weighted by Crippen LogP contribution is -2.04. The van der Waals surface area contributed by atoms with Crippen molar-refractivity contribution in [3.8, 4) is 0 Å². The van der Waals surface area contributed by atoms with Crippen LogP contribution in [0.15, 0.2) is 24.3 Å². The van der Waals surface area contributed by atoms with E-state index in [-0.39, 0.29) is 17.7 Å². The molecular formula is C11H11NO4. The summed E-state index contributed by atoms with van der Waals surface area (Å²) in [7, 11) is 0. The SMILES string of the molecule is Nc1cccc(C=CCC(=O)O)c1C(=O)O. The third-order valence-electron chi connectivity index (χ3n) is 1.93. The highest BCUT2D eigenvalue weighted by Gasteiger charge is 2.11. The fourth-order valence-electron chi connectivity index (χ4n) is 1.26. The molecule has 16 heavy (non-hydrogen) atoms. The van der Waals surface area contributed by atoms with Gasteiger partial charge in [0.05, 0.1) is 12.0 Å². The highest BCUT2D eigenvalue weighted by Crippen LogP contribution is 2.18. The Balaban J connectivity index is 3.04. The van der Waals surface area contributed by atoms with Crippen LogP contribution >= 0.6 is 0 Å². The van der Waals surface area contributed by atoms with Crippen molar-refractivity contribution < 1.29 is 19.8 Å². The van der Waals surface area contributed by atoms with E-state index in [1.165, 1.54) is 18.2 Å². The summed E-state index contributed by atoms with van der Waals surface area (Å²) in [5.74, 6) is -2.11. The number of hydrogen-bond acceptors (Lipinski definition) is 3. The van der Waals surface area contributed by atoms with Gasteiger partial charge in [0.2, 0.25) is 0 Å². The van der Waals surface area contributed by atoms with E-state index in [1.807, 2.05) is 0 Å². The van der Waals surface area contributed by atoms with Crippen molar-refractivity contribution in [3.63, 3.8) is 0 Å². The van der Waals surface area contributed by atoms with E-state index in [1.54, 1.807) is 12.1 Å². The molecule has 0 heterocycles. The number of benzene rings is 1. The van der Waals surface area contributed by atoms with Crippen molar-refractivity contribution in [1.29, 1.82) is 0 Å². The normalized spacial score (nSPS) is 10.5. The maximum Gasteiger partial charge on any atom is 0.338 e. The molecule has 1 aromatic rings. The Morgan fingerprint density at radius 1 is 1.31 bits per heavy atom. The number of aliphatic carboxylic acids is 1. The quantitative estimate of drug-likeness (QED) is 0.668. The summed E-state index contributed by atoms with van der Waals surface area (Å²) in [5, 5.41) is 17.4. The third kappa shape index (κ3) is 2.84. The smallest absolute Gasteiger partial charge is 0.338 e. The summed E-state index contributed by atoms with van der Waals surface area (Å²) >= 11 is 0. The maximum absolute atomic E-state index is 10.9. The first-order valence-electron chi connectivity index (χ1n) is 4.52. The lowest BCUT2D eigenvalue weighted by Gasteiger charge is -2.04. The van der Waals surface area contributed by atoms with Crippen LogP contribution in [0.5, 0.6) is 0 Å². The molecule has 0 spiro atoms. The van der Waals surface area contributed by atoms with E-state index in [0.717, 1.165) is 0 Å². The molecule has 0 aliphatic rings. The number of anilines is 1. The van der Waals surface area contributed by atoms with Crippen LogP contribution in [0.2, 0.25) is 0 Å². The number of carbonyl (C=O) groups is 2. The van der Waals surface area contributed by atoms with E-state index >= 15 is 0 Å². The average Bonchev–Trinajstić information content (AvgIpc) is 2.16. The van der Waals surface area contributed by atoms with Gasteiger partial charge < -0.3 is 15.9 Å². The average molecular weight is 221 g/mol. The molecule has 1 aromatic carbocycles. The van der Waals surface area contributed by atoms with Gasteiger partial charge in [-0.1, -0.05) is 24.3 Å². The minimum absolute atomic E-state index is 0.0101. The molecule has 0 radical (unpaired) electrons. The minimum Gasteiger partial charge on any atom is -0.481 e. The summed E-state index contributed by atoms with van der Waals surface area (Å²) < 4.78 is 0. The highest BCUT2D eigenvalue weighted by molar-refractivity contribution is 5.97. The topological polar surface area (TPSA) is 101 Å². The molecule has 0 fully saturated rings. The van der Waals surface area contributed by atoms with Crippen LogP contribution in [-0.2, 0) is 4.79 Å². The second-order valence-electron chi connectivity index (χ2n) is 3.12. The molecule has 5 nitrogen and oxygen atoms in total. The highest BCUT2D eigenvalue weighted by atomic mass is 16.4. The van der Waals surface area contributed by atoms with Crippen LogP contribution < -0.4 is 5.73 Å². The van der Waals surface area contributed by atoms with Crippen molar-refractivity contribution in [2.75, 3.05) is 5.73 Å². The monoisotopic (exact) mass is 221 g/mol. The van der Waals surface area contributed by atoms with Crippen molar-refractivity contribution in [2.24, 2.45) is 0 Å². The molecule has 0 aliphatic heterocycles. The Kier molecular flexibility index (Phi) is 3.66. The number of aromatic carboxylic acids is 1. The molecule has 4 N–H and O–H groups in total. The van der Waals surface area contributed by atoms with Crippen LogP contribution in [-0.4, -0.2) is 22.2 Å². The number of nitrogen functional groups attached to an aromatic ring is 1. The van der Waals surface area contributed by atoms with E-state index in [0.29, 0.717) is 5.56 Å². The molecule has 0 aliphatic carbocycles. The molecule has 5 heteroatoms. The van der Waals surface area contributed by atoms with E-state index in [9.17, 15) is 9.59 Å². The van der Waals surface area contributed by atoms with E-state index in [4.69, 9.17) is 15.9 Å². The van der Waals surface area contributed by atoms with Gasteiger partial charge in [0.25, 0.3) is 0 Å². The van der Waals surface area contributed by atoms with Gasteiger partial charge in [-0.2, -0.15) is 0 Å². The Hall–Kier alpha value is -2.30.